The Hall–Kier alpha value is -0.990. The van der Waals surface area contributed by atoms with E-state index in [1.54, 1.807) is 7.11 Å². The molecular weight excluding hydrogens is 361 g/mol. The lowest BCUT2D eigenvalue weighted by molar-refractivity contribution is 0.0544. The molecule has 9 heteroatoms. The highest BCUT2D eigenvalue weighted by atomic mass is 31.2. The molecule has 1 aliphatic rings. The summed E-state index contributed by atoms with van der Waals surface area (Å²) in [6.07, 6.45) is 2.14. The average molecular weight is 389 g/mol. The molecule has 8 nitrogen and oxygen atoms in total. The molecule has 1 aromatic rings. The summed E-state index contributed by atoms with van der Waals surface area (Å²) in [7, 11) is -2.86. The van der Waals surface area contributed by atoms with Crippen molar-refractivity contribution in [2.45, 2.75) is 30.7 Å². The highest BCUT2D eigenvalue weighted by molar-refractivity contribution is 7.46. The summed E-state index contributed by atoms with van der Waals surface area (Å²) >= 11 is 0. The van der Waals surface area contributed by atoms with Crippen LogP contribution in [0.15, 0.2) is 24.3 Å². The van der Waals surface area contributed by atoms with E-state index in [-0.39, 0.29) is 12.5 Å². The van der Waals surface area contributed by atoms with Gasteiger partial charge in [0.05, 0.1) is 26.4 Å². The third-order valence-electron chi connectivity index (χ3n) is 4.44. The smallest absolute Gasteiger partial charge is 0.469 e. The van der Waals surface area contributed by atoms with Crippen LogP contribution in [-0.2, 0) is 18.6 Å². The molecule has 0 spiro atoms. The Labute approximate surface area is 153 Å². The van der Waals surface area contributed by atoms with Gasteiger partial charge in [-0.25, -0.2) is 4.57 Å². The number of benzene rings is 1. The van der Waals surface area contributed by atoms with Gasteiger partial charge in [0, 0.05) is 12.6 Å². The summed E-state index contributed by atoms with van der Waals surface area (Å²) < 4.78 is 31.3. The highest BCUT2D eigenvalue weighted by Crippen LogP contribution is 2.43. The monoisotopic (exact) mass is 389 g/mol. The van der Waals surface area contributed by atoms with Crippen molar-refractivity contribution >= 4 is 7.82 Å². The minimum Gasteiger partial charge on any atom is -0.491 e. The van der Waals surface area contributed by atoms with Crippen LogP contribution in [0.1, 0.15) is 30.7 Å². The maximum Gasteiger partial charge on any atom is 0.469 e. The maximum atomic E-state index is 10.9. The van der Waals surface area contributed by atoms with E-state index in [1.807, 2.05) is 24.3 Å². The van der Waals surface area contributed by atoms with E-state index in [4.69, 9.17) is 29.7 Å². The van der Waals surface area contributed by atoms with Crippen LogP contribution in [0.3, 0.4) is 0 Å². The van der Waals surface area contributed by atoms with Crippen molar-refractivity contribution in [1.82, 2.24) is 0 Å². The van der Waals surface area contributed by atoms with Gasteiger partial charge in [0.15, 0.2) is 0 Å². The number of hydrogen-bond donors (Lipinski definition) is 3. The molecule has 1 saturated carbocycles. The summed E-state index contributed by atoms with van der Waals surface area (Å²) in [6, 6.07) is 7.82. The molecule has 148 valence electrons. The van der Waals surface area contributed by atoms with Crippen LogP contribution in [0.5, 0.6) is 5.75 Å². The van der Waals surface area contributed by atoms with E-state index in [2.05, 4.69) is 4.52 Å². The average Bonchev–Trinajstić information content (AvgIpc) is 2.99. The number of hydrogen-bond acceptors (Lipinski definition) is 6. The number of ether oxygens (including phenoxy) is 3. The quantitative estimate of drug-likeness (QED) is 0.387. The number of phosphoric acid groups is 1. The SMILES string of the molecule is COCCOCCOc1ccc([C@@H]2CC[C@](N)(COP(=O)(O)O)C2)cc1. The molecule has 1 aliphatic carbocycles. The zero-order valence-electron chi connectivity index (χ0n) is 15.0. The number of phosphoric ester groups is 1. The van der Waals surface area contributed by atoms with Gasteiger partial charge in [0.2, 0.25) is 0 Å². The summed E-state index contributed by atoms with van der Waals surface area (Å²) in [5, 5.41) is 0. The van der Waals surface area contributed by atoms with Gasteiger partial charge in [-0.3, -0.25) is 4.52 Å². The Morgan fingerprint density at radius 2 is 1.88 bits per heavy atom. The van der Waals surface area contributed by atoms with E-state index in [1.165, 1.54) is 0 Å². The Balaban J connectivity index is 1.77. The molecule has 0 aromatic heterocycles. The molecule has 1 aromatic carbocycles. The first kappa shape index (κ1) is 21.3. The lowest BCUT2D eigenvalue weighted by atomic mass is 9.94. The van der Waals surface area contributed by atoms with Crippen molar-refractivity contribution in [1.29, 1.82) is 0 Å². The second-order valence-corrected chi connectivity index (χ2v) is 7.83. The van der Waals surface area contributed by atoms with Crippen molar-refractivity contribution in [2.24, 2.45) is 5.73 Å². The Bertz CT molecular complexity index is 591. The van der Waals surface area contributed by atoms with Gasteiger partial charge in [0.1, 0.15) is 12.4 Å². The van der Waals surface area contributed by atoms with Gasteiger partial charge >= 0.3 is 7.82 Å². The lowest BCUT2D eigenvalue weighted by Crippen LogP contribution is -2.41. The molecular formula is C17H28NO7P. The molecule has 0 radical (unpaired) electrons. The molecule has 0 aliphatic heterocycles. The van der Waals surface area contributed by atoms with Gasteiger partial charge in [0.25, 0.3) is 0 Å². The normalized spacial score (nSPS) is 23.3. The predicted molar refractivity (Wildman–Crippen MR) is 96.1 cm³/mol. The Kier molecular flexibility index (Phi) is 8.04. The van der Waals surface area contributed by atoms with E-state index in [0.29, 0.717) is 39.3 Å². The van der Waals surface area contributed by atoms with Crippen LogP contribution in [0, 0.1) is 0 Å². The highest BCUT2D eigenvalue weighted by Gasteiger charge is 2.38. The minimum atomic E-state index is -4.49. The molecule has 0 unspecified atom stereocenters. The zero-order chi connectivity index (χ0) is 19.0. The number of rotatable bonds is 11. The summed E-state index contributed by atoms with van der Waals surface area (Å²) in [4.78, 5) is 17.7. The van der Waals surface area contributed by atoms with Crippen LogP contribution in [0.4, 0.5) is 0 Å². The van der Waals surface area contributed by atoms with Gasteiger partial charge in [-0.2, -0.15) is 0 Å². The molecule has 2 rings (SSSR count). The van der Waals surface area contributed by atoms with E-state index < -0.39 is 13.4 Å². The van der Waals surface area contributed by atoms with Gasteiger partial charge in [-0.1, -0.05) is 12.1 Å². The molecule has 0 heterocycles. The van der Waals surface area contributed by atoms with Crippen molar-refractivity contribution < 1.29 is 33.1 Å². The summed E-state index contributed by atoms with van der Waals surface area (Å²) in [5.41, 5.74) is 6.65. The van der Waals surface area contributed by atoms with Crippen molar-refractivity contribution in [3.63, 3.8) is 0 Å². The van der Waals surface area contributed by atoms with E-state index in [9.17, 15) is 4.57 Å². The van der Waals surface area contributed by atoms with Crippen LogP contribution in [0.25, 0.3) is 0 Å². The van der Waals surface area contributed by atoms with Crippen LogP contribution in [0.2, 0.25) is 0 Å². The van der Waals surface area contributed by atoms with E-state index in [0.717, 1.165) is 17.7 Å². The van der Waals surface area contributed by atoms with E-state index >= 15 is 0 Å². The first-order chi connectivity index (χ1) is 12.3. The Morgan fingerprint density at radius 3 is 2.54 bits per heavy atom. The third-order valence-corrected chi connectivity index (χ3v) is 4.91. The van der Waals surface area contributed by atoms with Crippen molar-refractivity contribution in [3.05, 3.63) is 29.8 Å². The first-order valence-corrected chi connectivity index (χ1v) is 10.1. The van der Waals surface area contributed by atoms with Crippen LogP contribution >= 0.6 is 7.82 Å². The molecule has 0 amide bonds. The fourth-order valence-corrected chi connectivity index (χ4v) is 3.51. The van der Waals surface area contributed by atoms with Gasteiger partial charge < -0.3 is 29.7 Å². The lowest BCUT2D eigenvalue weighted by Gasteiger charge is -2.24. The van der Waals surface area contributed by atoms with Crippen molar-refractivity contribution in [2.75, 3.05) is 40.1 Å². The summed E-state index contributed by atoms with van der Waals surface area (Å²) in [5.74, 6) is 1.01. The molecule has 26 heavy (non-hydrogen) atoms. The number of methoxy groups -OCH3 is 1. The van der Waals surface area contributed by atoms with Crippen LogP contribution in [-0.4, -0.2) is 55.5 Å². The predicted octanol–water partition coefficient (Wildman–Crippen LogP) is 1.80. The minimum absolute atomic E-state index is 0.141. The van der Waals surface area contributed by atoms with Gasteiger partial charge in [-0.05, 0) is 42.9 Å². The number of nitrogens with two attached hydrogens (primary N) is 1. The topological polar surface area (TPSA) is 120 Å². The standard InChI is InChI=1S/C17H28NO7P/c1-22-8-9-23-10-11-24-16-4-2-14(3-5-16)15-6-7-17(18,12-15)13-25-26(19,20)21/h2-5,15H,6-13,18H2,1H3,(H2,19,20,21)/t15-,17-/m1/s1. The Morgan fingerprint density at radius 1 is 1.19 bits per heavy atom. The molecule has 1 fully saturated rings. The van der Waals surface area contributed by atoms with Crippen molar-refractivity contribution in [3.8, 4) is 5.75 Å². The maximum absolute atomic E-state index is 10.9. The fourth-order valence-electron chi connectivity index (χ4n) is 3.08. The van der Waals surface area contributed by atoms with Crippen LogP contribution < -0.4 is 10.5 Å². The molecule has 0 saturated heterocycles. The van der Waals surface area contributed by atoms with Gasteiger partial charge in [-0.15, -0.1) is 0 Å². The third kappa shape index (κ3) is 7.32. The molecule has 2 atom stereocenters. The summed E-state index contributed by atoms with van der Waals surface area (Å²) in [6.45, 7) is 1.95. The first-order valence-electron chi connectivity index (χ1n) is 8.60. The fraction of sp³-hybridized carbons (Fsp3) is 0.647. The second kappa shape index (κ2) is 9.80. The second-order valence-electron chi connectivity index (χ2n) is 6.59. The zero-order valence-corrected chi connectivity index (χ0v) is 15.9. The largest absolute Gasteiger partial charge is 0.491 e. The molecule has 0 bridgehead atoms. The molecule has 4 N–H and O–H groups in total.